The number of aryl methyl sites for hydroxylation is 1. The van der Waals surface area contributed by atoms with Crippen LogP contribution in [0.15, 0.2) is 42.5 Å². The highest BCUT2D eigenvalue weighted by Gasteiger charge is 2.14. The highest BCUT2D eigenvalue weighted by Crippen LogP contribution is 2.31. The summed E-state index contributed by atoms with van der Waals surface area (Å²) in [6, 6.07) is 11.4. The first-order valence-electron chi connectivity index (χ1n) is 8.24. The summed E-state index contributed by atoms with van der Waals surface area (Å²) < 4.78 is 23.6. The zero-order chi connectivity index (χ0) is 19.4. The molecule has 0 saturated carbocycles. The van der Waals surface area contributed by atoms with Crippen molar-refractivity contribution in [2.24, 2.45) is 0 Å². The van der Waals surface area contributed by atoms with Gasteiger partial charge in [-0.2, -0.15) is 0 Å². The normalized spacial score (nSPS) is 10.5. The Morgan fingerprint density at radius 3 is 2.56 bits per heavy atom. The Labute approximate surface area is 160 Å². The second-order valence-electron chi connectivity index (χ2n) is 5.83. The monoisotopic (exact) mass is 386 g/mol. The van der Waals surface area contributed by atoms with Gasteiger partial charge in [-0.15, -0.1) is 11.3 Å². The average molecular weight is 386 g/mol. The first-order valence-corrected chi connectivity index (χ1v) is 9.06. The number of nitrogens with zero attached hydrogens (tertiary/aromatic N) is 1. The topological polar surface area (TPSA) is 60.5 Å². The van der Waals surface area contributed by atoms with Crippen LogP contribution in [0.1, 0.15) is 10.4 Å². The summed E-state index contributed by atoms with van der Waals surface area (Å²) in [5, 5.41) is 3.32. The maximum absolute atomic E-state index is 13.1. The van der Waals surface area contributed by atoms with Crippen molar-refractivity contribution in [3.05, 3.63) is 58.7 Å². The molecule has 0 spiro atoms. The molecule has 1 aromatic heterocycles. The molecule has 7 heteroatoms. The number of thiazole rings is 1. The van der Waals surface area contributed by atoms with Crippen LogP contribution in [-0.2, 0) is 11.2 Å². The van der Waals surface area contributed by atoms with Gasteiger partial charge in [0, 0.05) is 16.0 Å². The molecule has 0 fully saturated rings. The van der Waals surface area contributed by atoms with Crippen molar-refractivity contribution in [3.8, 4) is 22.8 Å². The van der Waals surface area contributed by atoms with Crippen molar-refractivity contribution in [2.45, 2.75) is 13.3 Å². The van der Waals surface area contributed by atoms with Crippen LogP contribution in [0.25, 0.3) is 11.3 Å². The van der Waals surface area contributed by atoms with Crippen LogP contribution in [-0.4, -0.2) is 25.1 Å². The van der Waals surface area contributed by atoms with E-state index in [1.165, 1.54) is 23.5 Å². The van der Waals surface area contributed by atoms with E-state index in [9.17, 15) is 9.18 Å². The molecule has 0 atom stereocenters. The highest BCUT2D eigenvalue weighted by atomic mass is 32.1. The SMILES string of the molecule is COc1ccc(OC)c(CC(=O)Nc2nc(-c3ccc(F)cc3)c(C)s2)c1. The molecule has 1 heterocycles. The van der Waals surface area contributed by atoms with Gasteiger partial charge in [0.25, 0.3) is 0 Å². The van der Waals surface area contributed by atoms with Crippen LogP contribution >= 0.6 is 11.3 Å². The van der Waals surface area contributed by atoms with Crippen LogP contribution in [0.5, 0.6) is 11.5 Å². The number of halogens is 1. The Morgan fingerprint density at radius 1 is 1.15 bits per heavy atom. The van der Waals surface area contributed by atoms with Gasteiger partial charge in [0.1, 0.15) is 17.3 Å². The number of anilines is 1. The van der Waals surface area contributed by atoms with Crippen molar-refractivity contribution < 1.29 is 18.7 Å². The van der Waals surface area contributed by atoms with Gasteiger partial charge in [0.2, 0.25) is 5.91 Å². The van der Waals surface area contributed by atoms with E-state index in [0.717, 1.165) is 21.7 Å². The first-order chi connectivity index (χ1) is 13.0. The number of methoxy groups -OCH3 is 2. The van der Waals surface area contributed by atoms with Crippen molar-refractivity contribution in [3.63, 3.8) is 0 Å². The molecule has 0 saturated heterocycles. The van der Waals surface area contributed by atoms with Crippen LogP contribution in [0, 0.1) is 12.7 Å². The van der Waals surface area contributed by atoms with E-state index in [1.807, 2.05) is 6.92 Å². The Morgan fingerprint density at radius 2 is 1.89 bits per heavy atom. The molecule has 140 valence electrons. The fraction of sp³-hybridized carbons (Fsp3) is 0.200. The molecule has 0 bridgehead atoms. The maximum atomic E-state index is 13.1. The second-order valence-corrected chi connectivity index (χ2v) is 7.04. The molecule has 2 aromatic carbocycles. The lowest BCUT2D eigenvalue weighted by Gasteiger charge is -2.10. The lowest BCUT2D eigenvalue weighted by atomic mass is 10.1. The number of ether oxygens (including phenoxy) is 2. The summed E-state index contributed by atoms with van der Waals surface area (Å²) in [4.78, 5) is 17.9. The number of carbonyl (C=O) groups excluding carboxylic acids is 1. The van der Waals surface area contributed by atoms with Crippen molar-refractivity contribution in [2.75, 3.05) is 19.5 Å². The molecule has 1 N–H and O–H groups in total. The van der Waals surface area contributed by atoms with Crippen molar-refractivity contribution in [1.29, 1.82) is 0 Å². The van der Waals surface area contributed by atoms with E-state index < -0.39 is 0 Å². The lowest BCUT2D eigenvalue weighted by molar-refractivity contribution is -0.115. The van der Waals surface area contributed by atoms with E-state index in [2.05, 4.69) is 10.3 Å². The first kappa shape index (κ1) is 18.8. The molecule has 0 aliphatic heterocycles. The molecule has 5 nitrogen and oxygen atoms in total. The number of aromatic nitrogens is 1. The molecule has 1 amide bonds. The number of benzene rings is 2. The smallest absolute Gasteiger partial charge is 0.230 e. The molecule has 0 unspecified atom stereocenters. The van der Waals surface area contributed by atoms with Gasteiger partial charge in [-0.25, -0.2) is 9.37 Å². The summed E-state index contributed by atoms with van der Waals surface area (Å²) in [6.45, 7) is 1.91. The molecule has 27 heavy (non-hydrogen) atoms. The Balaban J connectivity index is 1.75. The van der Waals surface area contributed by atoms with Gasteiger partial charge in [-0.3, -0.25) is 4.79 Å². The summed E-state index contributed by atoms with van der Waals surface area (Å²) >= 11 is 1.38. The summed E-state index contributed by atoms with van der Waals surface area (Å²) in [7, 11) is 3.13. The van der Waals surface area contributed by atoms with Crippen molar-refractivity contribution in [1.82, 2.24) is 4.98 Å². The standard InChI is InChI=1S/C20H19FN2O3S/c1-12-19(13-4-6-15(21)7-5-13)23-20(27-12)22-18(24)11-14-10-16(25-2)8-9-17(14)26-3/h4-10H,11H2,1-3H3,(H,22,23,24). The van der Waals surface area contributed by atoms with Gasteiger partial charge >= 0.3 is 0 Å². The van der Waals surface area contributed by atoms with E-state index >= 15 is 0 Å². The van der Waals surface area contributed by atoms with Crippen LogP contribution in [0.2, 0.25) is 0 Å². The number of nitrogens with one attached hydrogen (secondary N) is 1. The third-order valence-corrected chi connectivity index (χ3v) is 4.89. The third kappa shape index (κ3) is 4.43. The number of amides is 1. The summed E-state index contributed by atoms with van der Waals surface area (Å²) in [5.74, 6) is 0.768. The minimum absolute atomic E-state index is 0.130. The lowest BCUT2D eigenvalue weighted by Crippen LogP contribution is -2.14. The predicted octanol–water partition coefficient (Wildman–Crippen LogP) is 4.46. The van der Waals surface area contributed by atoms with Gasteiger partial charge in [0.05, 0.1) is 26.3 Å². The van der Waals surface area contributed by atoms with E-state index in [4.69, 9.17) is 9.47 Å². The molecule has 0 aliphatic rings. The van der Waals surface area contributed by atoms with Crippen LogP contribution in [0.3, 0.4) is 0 Å². The minimum Gasteiger partial charge on any atom is -0.497 e. The Bertz CT molecular complexity index is 954. The van der Waals surface area contributed by atoms with Crippen molar-refractivity contribution >= 4 is 22.4 Å². The number of rotatable bonds is 6. The minimum atomic E-state index is -0.299. The molecule has 3 rings (SSSR count). The zero-order valence-electron chi connectivity index (χ0n) is 15.2. The number of hydrogen-bond donors (Lipinski definition) is 1. The summed E-state index contributed by atoms with van der Waals surface area (Å²) in [6.07, 6.45) is 0.130. The maximum Gasteiger partial charge on any atom is 0.230 e. The fourth-order valence-electron chi connectivity index (χ4n) is 2.68. The average Bonchev–Trinajstić information content (AvgIpc) is 3.02. The zero-order valence-corrected chi connectivity index (χ0v) is 16.0. The molecule has 0 aliphatic carbocycles. The van der Waals surface area contributed by atoms with E-state index in [0.29, 0.717) is 16.6 Å². The molecular formula is C20H19FN2O3S. The molecular weight excluding hydrogens is 367 g/mol. The molecule has 3 aromatic rings. The fourth-order valence-corrected chi connectivity index (χ4v) is 3.53. The van der Waals surface area contributed by atoms with E-state index in [-0.39, 0.29) is 18.1 Å². The Kier molecular flexibility index (Phi) is 5.71. The largest absolute Gasteiger partial charge is 0.497 e. The van der Waals surface area contributed by atoms with Crippen LogP contribution < -0.4 is 14.8 Å². The Hall–Kier alpha value is -2.93. The predicted molar refractivity (Wildman–Crippen MR) is 104 cm³/mol. The van der Waals surface area contributed by atoms with Gasteiger partial charge < -0.3 is 14.8 Å². The number of hydrogen-bond acceptors (Lipinski definition) is 5. The van der Waals surface area contributed by atoms with E-state index in [1.54, 1.807) is 44.6 Å². The van der Waals surface area contributed by atoms with Gasteiger partial charge in [-0.05, 0) is 49.4 Å². The molecule has 0 radical (unpaired) electrons. The summed E-state index contributed by atoms with van der Waals surface area (Å²) in [5.41, 5.74) is 2.26. The third-order valence-electron chi connectivity index (χ3n) is 4.00. The van der Waals surface area contributed by atoms with Crippen LogP contribution in [0.4, 0.5) is 9.52 Å². The van der Waals surface area contributed by atoms with Gasteiger partial charge in [-0.1, -0.05) is 0 Å². The number of carbonyl (C=O) groups is 1. The second kappa shape index (κ2) is 8.18. The highest BCUT2D eigenvalue weighted by molar-refractivity contribution is 7.16. The van der Waals surface area contributed by atoms with Gasteiger partial charge in [0.15, 0.2) is 5.13 Å². The quantitative estimate of drug-likeness (QED) is 0.680.